The van der Waals surface area contributed by atoms with E-state index in [0.29, 0.717) is 35.9 Å². The van der Waals surface area contributed by atoms with Crippen molar-refractivity contribution in [2.24, 2.45) is 0 Å². The molecule has 0 aliphatic carbocycles. The number of nitrogens with zero attached hydrogens (tertiary/aromatic N) is 4. The molecule has 2 aromatic carbocycles. The molecule has 0 saturated carbocycles. The SMILES string of the molecule is O=C(Nc1cccc2c1CCCN2C(=O)c1nc(N2CCCC2)ncc1Cl)c1ccc(F)cc1. The van der Waals surface area contributed by atoms with Crippen molar-refractivity contribution in [3.63, 3.8) is 0 Å². The van der Waals surface area contributed by atoms with Crippen molar-refractivity contribution in [1.29, 1.82) is 0 Å². The zero-order valence-corrected chi connectivity index (χ0v) is 19.2. The Kier molecular flexibility index (Phi) is 6.15. The number of anilines is 3. The molecule has 3 heterocycles. The summed E-state index contributed by atoms with van der Waals surface area (Å²) >= 11 is 6.35. The summed E-state index contributed by atoms with van der Waals surface area (Å²) in [6.45, 7) is 2.23. The van der Waals surface area contributed by atoms with Gasteiger partial charge in [-0.3, -0.25) is 9.59 Å². The smallest absolute Gasteiger partial charge is 0.278 e. The molecular weight excluding hydrogens is 457 g/mol. The van der Waals surface area contributed by atoms with Crippen molar-refractivity contribution in [2.45, 2.75) is 25.7 Å². The van der Waals surface area contributed by atoms with Crippen LogP contribution in [-0.4, -0.2) is 41.4 Å². The average Bonchev–Trinajstić information content (AvgIpc) is 3.39. The molecule has 0 radical (unpaired) electrons. The van der Waals surface area contributed by atoms with E-state index in [1.807, 2.05) is 6.07 Å². The molecule has 2 aliphatic heterocycles. The van der Waals surface area contributed by atoms with Crippen LogP contribution in [-0.2, 0) is 6.42 Å². The normalized spacial score (nSPS) is 15.2. The first kappa shape index (κ1) is 22.3. The third kappa shape index (κ3) is 4.33. The van der Waals surface area contributed by atoms with E-state index in [1.54, 1.807) is 17.0 Å². The van der Waals surface area contributed by atoms with Crippen LogP contribution in [0, 0.1) is 5.82 Å². The summed E-state index contributed by atoms with van der Waals surface area (Å²) in [6, 6.07) is 10.8. The van der Waals surface area contributed by atoms with Crippen LogP contribution in [0.15, 0.2) is 48.7 Å². The first-order valence-electron chi connectivity index (χ1n) is 11.3. The van der Waals surface area contributed by atoms with Gasteiger partial charge in [0.1, 0.15) is 5.82 Å². The largest absolute Gasteiger partial charge is 0.341 e. The Balaban J connectivity index is 1.43. The molecule has 2 amide bonds. The number of rotatable bonds is 4. The average molecular weight is 480 g/mol. The van der Waals surface area contributed by atoms with Gasteiger partial charge in [0.25, 0.3) is 11.8 Å². The maximum absolute atomic E-state index is 13.5. The predicted octanol–water partition coefficient (Wildman–Crippen LogP) is 4.71. The third-order valence-corrected chi connectivity index (χ3v) is 6.45. The van der Waals surface area contributed by atoms with E-state index < -0.39 is 5.82 Å². The Morgan fingerprint density at radius 1 is 1.00 bits per heavy atom. The maximum Gasteiger partial charge on any atom is 0.278 e. The Bertz CT molecular complexity index is 1240. The number of hydrogen-bond acceptors (Lipinski definition) is 5. The molecule has 1 N–H and O–H groups in total. The highest BCUT2D eigenvalue weighted by atomic mass is 35.5. The van der Waals surface area contributed by atoms with Gasteiger partial charge in [0, 0.05) is 36.6 Å². The number of benzene rings is 2. The number of halogens is 2. The van der Waals surface area contributed by atoms with E-state index in [-0.39, 0.29) is 22.5 Å². The van der Waals surface area contributed by atoms with Gasteiger partial charge in [0.05, 0.1) is 11.2 Å². The van der Waals surface area contributed by atoms with Crippen LogP contribution in [0.5, 0.6) is 0 Å². The standard InChI is InChI=1S/C25H23ClFN5O2/c26-19-15-28-25(31-12-1-2-13-31)30-22(19)24(34)32-14-4-5-18-20(6-3-7-21(18)32)29-23(33)16-8-10-17(27)11-9-16/h3,6-11,15H,1-2,4-5,12-14H2,(H,29,33). The monoisotopic (exact) mass is 479 g/mol. The number of nitrogens with one attached hydrogen (secondary N) is 1. The highest BCUT2D eigenvalue weighted by Gasteiger charge is 2.29. The molecule has 1 aromatic heterocycles. The second-order valence-corrected chi connectivity index (χ2v) is 8.79. The van der Waals surface area contributed by atoms with E-state index in [2.05, 4.69) is 20.2 Å². The molecule has 5 rings (SSSR count). The molecule has 7 nitrogen and oxygen atoms in total. The van der Waals surface area contributed by atoms with Gasteiger partial charge >= 0.3 is 0 Å². The third-order valence-electron chi connectivity index (χ3n) is 6.17. The number of amides is 2. The van der Waals surface area contributed by atoms with Gasteiger partial charge in [-0.1, -0.05) is 17.7 Å². The van der Waals surface area contributed by atoms with Gasteiger partial charge in [-0.05, 0) is 67.6 Å². The fraction of sp³-hybridized carbons (Fsp3) is 0.280. The summed E-state index contributed by atoms with van der Waals surface area (Å²) in [4.78, 5) is 38.8. The van der Waals surface area contributed by atoms with E-state index >= 15 is 0 Å². The molecule has 9 heteroatoms. The Morgan fingerprint density at radius 3 is 2.53 bits per heavy atom. The van der Waals surface area contributed by atoms with E-state index in [4.69, 9.17) is 11.6 Å². The number of hydrogen-bond donors (Lipinski definition) is 1. The zero-order chi connectivity index (χ0) is 23.7. The summed E-state index contributed by atoms with van der Waals surface area (Å²) in [5, 5.41) is 3.11. The van der Waals surface area contributed by atoms with E-state index in [1.165, 1.54) is 30.5 Å². The fourth-order valence-corrected chi connectivity index (χ4v) is 4.63. The number of carbonyl (C=O) groups is 2. The predicted molar refractivity (Wildman–Crippen MR) is 129 cm³/mol. The second kappa shape index (κ2) is 9.38. The summed E-state index contributed by atoms with van der Waals surface area (Å²) in [5.74, 6) is -0.524. The minimum atomic E-state index is -0.404. The summed E-state index contributed by atoms with van der Waals surface area (Å²) in [6.07, 6.45) is 5.06. The topological polar surface area (TPSA) is 78.4 Å². The number of carbonyl (C=O) groups excluding carboxylic acids is 2. The zero-order valence-electron chi connectivity index (χ0n) is 18.4. The summed E-state index contributed by atoms with van der Waals surface area (Å²) in [7, 11) is 0. The minimum Gasteiger partial charge on any atom is -0.341 e. The molecule has 1 saturated heterocycles. The quantitative estimate of drug-likeness (QED) is 0.586. The molecule has 1 fully saturated rings. The molecule has 34 heavy (non-hydrogen) atoms. The first-order valence-corrected chi connectivity index (χ1v) is 11.7. The van der Waals surface area contributed by atoms with Crippen molar-refractivity contribution in [2.75, 3.05) is 34.8 Å². The van der Waals surface area contributed by atoms with Crippen LogP contribution in [0.2, 0.25) is 5.02 Å². The van der Waals surface area contributed by atoms with Crippen LogP contribution in [0.3, 0.4) is 0 Å². The Hall–Kier alpha value is -3.52. The lowest BCUT2D eigenvalue weighted by molar-refractivity contribution is 0.0979. The fourth-order valence-electron chi connectivity index (χ4n) is 4.45. The van der Waals surface area contributed by atoms with Crippen molar-refractivity contribution in [3.05, 3.63) is 76.3 Å². The van der Waals surface area contributed by atoms with Crippen molar-refractivity contribution in [3.8, 4) is 0 Å². The van der Waals surface area contributed by atoms with Crippen molar-refractivity contribution < 1.29 is 14.0 Å². The minimum absolute atomic E-state index is 0.173. The summed E-state index contributed by atoms with van der Waals surface area (Å²) < 4.78 is 13.2. The van der Waals surface area contributed by atoms with E-state index in [0.717, 1.165) is 37.9 Å². The maximum atomic E-state index is 13.5. The molecule has 3 aromatic rings. The van der Waals surface area contributed by atoms with Gasteiger partial charge in [0.15, 0.2) is 5.69 Å². The lowest BCUT2D eigenvalue weighted by Crippen LogP contribution is -2.37. The van der Waals surface area contributed by atoms with Crippen LogP contribution in [0.25, 0.3) is 0 Å². The van der Waals surface area contributed by atoms with Gasteiger partial charge in [-0.2, -0.15) is 0 Å². The molecule has 2 aliphatic rings. The van der Waals surface area contributed by atoms with E-state index in [9.17, 15) is 14.0 Å². The van der Waals surface area contributed by atoms with Crippen LogP contribution >= 0.6 is 11.6 Å². The van der Waals surface area contributed by atoms with Gasteiger partial charge in [-0.25, -0.2) is 14.4 Å². The number of aromatic nitrogens is 2. The molecule has 174 valence electrons. The highest BCUT2D eigenvalue weighted by molar-refractivity contribution is 6.34. The molecule has 0 bridgehead atoms. The van der Waals surface area contributed by atoms with Gasteiger partial charge in [0.2, 0.25) is 5.95 Å². The Morgan fingerprint density at radius 2 is 1.76 bits per heavy atom. The molecule has 0 spiro atoms. The summed E-state index contributed by atoms with van der Waals surface area (Å²) in [5.41, 5.74) is 2.72. The highest BCUT2D eigenvalue weighted by Crippen LogP contribution is 2.34. The lowest BCUT2D eigenvalue weighted by Gasteiger charge is -2.31. The Labute approximate surface area is 201 Å². The molecule has 0 atom stereocenters. The van der Waals surface area contributed by atoms with Crippen LogP contribution in [0.1, 0.15) is 45.7 Å². The van der Waals surface area contributed by atoms with Crippen molar-refractivity contribution in [1.82, 2.24) is 9.97 Å². The second-order valence-electron chi connectivity index (χ2n) is 8.39. The number of fused-ring (bicyclic) bond motifs is 1. The van der Waals surface area contributed by atoms with Gasteiger partial charge < -0.3 is 15.1 Å². The molecular formula is C25H23ClFN5O2. The first-order chi connectivity index (χ1) is 16.5. The van der Waals surface area contributed by atoms with Crippen LogP contribution in [0.4, 0.5) is 21.7 Å². The van der Waals surface area contributed by atoms with Crippen molar-refractivity contribution >= 4 is 40.7 Å². The van der Waals surface area contributed by atoms with Crippen LogP contribution < -0.4 is 15.1 Å². The molecule has 0 unspecified atom stereocenters. The van der Waals surface area contributed by atoms with Gasteiger partial charge in [-0.15, -0.1) is 0 Å². The lowest BCUT2D eigenvalue weighted by atomic mass is 9.99.